The standard InChI is InChI=1S/C15H11Cl2N3/c16-13-6-11(7-14(17)8-13)9-20-10-15(18-19-20)12-4-2-1-3-5-12/h1-8,10H,9H2. The zero-order valence-electron chi connectivity index (χ0n) is 10.5. The summed E-state index contributed by atoms with van der Waals surface area (Å²) >= 11 is 12.0. The molecule has 0 amide bonds. The SMILES string of the molecule is Clc1cc(Cl)cc(Cn2cc(-c3ccccc3)nn2)c1. The first-order valence-electron chi connectivity index (χ1n) is 6.11. The van der Waals surface area contributed by atoms with E-state index in [0.717, 1.165) is 16.8 Å². The lowest BCUT2D eigenvalue weighted by Crippen LogP contribution is -2.00. The molecule has 0 radical (unpaired) electrons. The summed E-state index contributed by atoms with van der Waals surface area (Å²) in [6.07, 6.45) is 1.91. The van der Waals surface area contributed by atoms with E-state index in [9.17, 15) is 0 Å². The molecule has 3 rings (SSSR count). The molecule has 100 valence electrons. The molecule has 0 saturated carbocycles. The molecule has 2 aromatic carbocycles. The lowest BCUT2D eigenvalue weighted by atomic mass is 10.2. The number of hydrogen-bond acceptors (Lipinski definition) is 2. The predicted molar refractivity (Wildman–Crippen MR) is 81.0 cm³/mol. The fraction of sp³-hybridized carbons (Fsp3) is 0.0667. The minimum Gasteiger partial charge on any atom is -0.247 e. The van der Waals surface area contributed by atoms with Crippen LogP contribution in [0.3, 0.4) is 0 Å². The summed E-state index contributed by atoms with van der Waals surface area (Å²) in [6, 6.07) is 15.4. The fourth-order valence-electron chi connectivity index (χ4n) is 2.01. The predicted octanol–water partition coefficient (Wildman–Crippen LogP) is 4.30. The lowest BCUT2D eigenvalue weighted by Gasteiger charge is -2.02. The average molecular weight is 304 g/mol. The highest BCUT2D eigenvalue weighted by Crippen LogP contribution is 2.20. The third-order valence-electron chi connectivity index (χ3n) is 2.88. The molecule has 0 aliphatic carbocycles. The Labute approximate surface area is 126 Å². The fourth-order valence-corrected chi connectivity index (χ4v) is 2.58. The van der Waals surface area contributed by atoms with E-state index in [2.05, 4.69) is 10.3 Å². The molecule has 3 aromatic rings. The molecule has 0 fully saturated rings. The Balaban J connectivity index is 1.84. The number of nitrogens with zero attached hydrogens (tertiary/aromatic N) is 3. The minimum absolute atomic E-state index is 0.583. The van der Waals surface area contributed by atoms with Crippen LogP contribution in [0.15, 0.2) is 54.7 Å². The molecular weight excluding hydrogens is 293 g/mol. The van der Waals surface area contributed by atoms with Crippen LogP contribution in [0.25, 0.3) is 11.3 Å². The van der Waals surface area contributed by atoms with Gasteiger partial charge in [-0.3, -0.25) is 0 Å². The van der Waals surface area contributed by atoms with Crippen LogP contribution >= 0.6 is 23.2 Å². The number of benzene rings is 2. The van der Waals surface area contributed by atoms with Gasteiger partial charge in [0, 0.05) is 15.6 Å². The molecule has 0 saturated heterocycles. The van der Waals surface area contributed by atoms with E-state index >= 15 is 0 Å². The minimum atomic E-state index is 0.583. The van der Waals surface area contributed by atoms with Crippen molar-refractivity contribution in [2.45, 2.75) is 6.54 Å². The molecule has 0 aliphatic heterocycles. The van der Waals surface area contributed by atoms with E-state index in [1.165, 1.54) is 0 Å². The van der Waals surface area contributed by atoms with E-state index in [1.54, 1.807) is 10.7 Å². The van der Waals surface area contributed by atoms with Crippen molar-refractivity contribution in [2.24, 2.45) is 0 Å². The molecule has 0 unspecified atom stereocenters. The van der Waals surface area contributed by atoms with Crippen LogP contribution in [0.5, 0.6) is 0 Å². The zero-order valence-corrected chi connectivity index (χ0v) is 12.0. The number of rotatable bonds is 3. The van der Waals surface area contributed by atoms with Crippen molar-refractivity contribution in [3.63, 3.8) is 0 Å². The van der Waals surface area contributed by atoms with Gasteiger partial charge in [-0.15, -0.1) is 5.10 Å². The van der Waals surface area contributed by atoms with Gasteiger partial charge in [0.05, 0.1) is 12.7 Å². The first-order chi connectivity index (χ1) is 9.70. The van der Waals surface area contributed by atoms with Gasteiger partial charge in [0.2, 0.25) is 0 Å². The largest absolute Gasteiger partial charge is 0.247 e. The van der Waals surface area contributed by atoms with Crippen LogP contribution in [0.1, 0.15) is 5.56 Å². The van der Waals surface area contributed by atoms with Crippen molar-refractivity contribution in [1.29, 1.82) is 0 Å². The van der Waals surface area contributed by atoms with Crippen LogP contribution in [-0.4, -0.2) is 15.0 Å². The van der Waals surface area contributed by atoms with Gasteiger partial charge in [-0.05, 0) is 23.8 Å². The van der Waals surface area contributed by atoms with Gasteiger partial charge in [-0.25, -0.2) is 4.68 Å². The average Bonchev–Trinajstić information content (AvgIpc) is 2.87. The molecule has 20 heavy (non-hydrogen) atoms. The topological polar surface area (TPSA) is 30.7 Å². The maximum atomic E-state index is 5.99. The summed E-state index contributed by atoms with van der Waals surface area (Å²) < 4.78 is 1.77. The Morgan fingerprint density at radius 1 is 0.950 bits per heavy atom. The van der Waals surface area contributed by atoms with Crippen LogP contribution in [-0.2, 0) is 6.54 Å². The van der Waals surface area contributed by atoms with Crippen molar-refractivity contribution >= 4 is 23.2 Å². The molecule has 0 spiro atoms. The molecule has 0 bridgehead atoms. The highest BCUT2D eigenvalue weighted by Gasteiger charge is 2.05. The molecule has 5 heteroatoms. The Morgan fingerprint density at radius 3 is 2.35 bits per heavy atom. The summed E-state index contributed by atoms with van der Waals surface area (Å²) in [4.78, 5) is 0. The van der Waals surface area contributed by atoms with Gasteiger partial charge in [0.25, 0.3) is 0 Å². The van der Waals surface area contributed by atoms with Gasteiger partial charge in [0.1, 0.15) is 5.69 Å². The molecule has 3 nitrogen and oxygen atoms in total. The summed E-state index contributed by atoms with van der Waals surface area (Å²) in [6.45, 7) is 0.583. The first kappa shape index (κ1) is 13.2. The Morgan fingerprint density at radius 2 is 1.65 bits per heavy atom. The Hall–Kier alpha value is -1.84. The van der Waals surface area contributed by atoms with Gasteiger partial charge >= 0.3 is 0 Å². The third-order valence-corrected chi connectivity index (χ3v) is 3.31. The summed E-state index contributed by atoms with van der Waals surface area (Å²) in [5.74, 6) is 0. The number of hydrogen-bond donors (Lipinski definition) is 0. The van der Waals surface area contributed by atoms with E-state index < -0.39 is 0 Å². The van der Waals surface area contributed by atoms with Crippen molar-refractivity contribution in [3.8, 4) is 11.3 Å². The maximum Gasteiger partial charge on any atom is 0.113 e. The molecule has 0 N–H and O–H groups in total. The molecule has 1 heterocycles. The van der Waals surface area contributed by atoms with E-state index in [-0.39, 0.29) is 0 Å². The van der Waals surface area contributed by atoms with Crippen molar-refractivity contribution in [3.05, 3.63) is 70.3 Å². The third kappa shape index (κ3) is 3.00. The Kier molecular flexibility index (Phi) is 3.72. The maximum absolute atomic E-state index is 5.99. The summed E-state index contributed by atoms with van der Waals surface area (Å²) in [7, 11) is 0. The lowest BCUT2D eigenvalue weighted by molar-refractivity contribution is 0.650. The van der Waals surface area contributed by atoms with Crippen LogP contribution in [0, 0.1) is 0 Å². The zero-order chi connectivity index (χ0) is 13.9. The second kappa shape index (κ2) is 5.65. The number of aromatic nitrogens is 3. The van der Waals surface area contributed by atoms with Gasteiger partial charge < -0.3 is 0 Å². The van der Waals surface area contributed by atoms with E-state index in [4.69, 9.17) is 23.2 Å². The highest BCUT2D eigenvalue weighted by molar-refractivity contribution is 6.34. The monoisotopic (exact) mass is 303 g/mol. The Bertz CT molecular complexity index is 703. The van der Waals surface area contributed by atoms with E-state index in [0.29, 0.717) is 16.6 Å². The van der Waals surface area contributed by atoms with Gasteiger partial charge in [-0.1, -0.05) is 58.7 Å². The van der Waals surface area contributed by atoms with E-state index in [1.807, 2.05) is 48.7 Å². The molecule has 0 aliphatic rings. The molecular formula is C15H11Cl2N3. The normalized spacial score (nSPS) is 10.7. The number of halogens is 2. The van der Waals surface area contributed by atoms with Crippen LogP contribution < -0.4 is 0 Å². The molecule has 0 atom stereocenters. The van der Waals surface area contributed by atoms with Crippen LogP contribution in [0.4, 0.5) is 0 Å². The van der Waals surface area contributed by atoms with Gasteiger partial charge in [-0.2, -0.15) is 0 Å². The van der Waals surface area contributed by atoms with Gasteiger partial charge in [0.15, 0.2) is 0 Å². The first-order valence-corrected chi connectivity index (χ1v) is 6.87. The second-order valence-corrected chi connectivity index (χ2v) is 5.32. The second-order valence-electron chi connectivity index (χ2n) is 4.45. The van der Waals surface area contributed by atoms with Crippen molar-refractivity contribution < 1.29 is 0 Å². The molecule has 1 aromatic heterocycles. The highest BCUT2D eigenvalue weighted by atomic mass is 35.5. The van der Waals surface area contributed by atoms with Crippen LogP contribution in [0.2, 0.25) is 10.0 Å². The van der Waals surface area contributed by atoms with Crippen molar-refractivity contribution in [2.75, 3.05) is 0 Å². The summed E-state index contributed by atoms with van der Waals surface area (Å²) in [5, 5.41) is 9.54. The smallest absolute Gasteiger partial charge is 0.113 e. The quantitative estimate of drug-likeness (QED) is 0.722. The van der Waals surface area contributed by atoms with Crippen molar-refractivity contribution in [1.82, 2.24) is 15.0 Å². The summed E-state index contributed by atoms with van der Waals surface area (Å²) in [5.41, 5.74) is 2.88.